The molecule has 3 heterocycles. The highest BCUT2D eigenvalue weighted by Gasteiger charge is 2.18. The number of rotatable bonds is 5. The Labute approximate surface area is 170 Å². The normalized spacial score (nSPS) is 14.7. The van der Waals surface area contributed by atoms with Crippen LogP contribution in [0.1, 0.15) is 23.5 Å². The van der Waals surface area contributed by atoms with Crippen molar-refractivity contribution in [1.29, 1.82) is 0 Å². The molecule has 0 saturated carbocycles. The van der Waals surface area contributed by atoms with Gasteiger partial charge in [-0.3, -0.25) is 9.69 Å². The summed E-state index contributed by atoms with van der Waals surface area (Å²) in [4.78, 5) is 19.1. The minimum absolute atomic E-state index is 0.0469. The Morgan fingerprint density at radius 1 is 1.24 bits per heavy atom. The molecule has 0 saturated heterocycles. The second kappa shape index (κ2) is 8.05. The summed E-state index contributed by atoms with van der Waals surface area (Å²) < 4.78 is 7.17. The van der Waals surface area contributed by atoms with Gasteiger partial charge >= 0.3 is 0 Å². The maximum absolute atomic E-state index is 12.4. The molecule has 7 heteroatoms. The van der Waals surface area contributed by atoms with Gasteiger partial charge in [0.1, 0.15) is 5.75 Å². The lowest BCUT2D eigenvalue weighted by molar-refractivity contribution is -0.117. The third kappa shape index (κ3) is 4.14. The average Bonchev–Trinajstić information content (AvgIpc) is 3.13. The third-order valence-corrected chi connectivity index (χ3v) is 5.10. The van der Waals surface area contributed by atoms with Crippen LogP contribution in [0.15, 0.2) is 42.5 Å². The predicted octanol–water partition coefficient (Wildman–Crippen LogP) is 3.08. The maximum Gasteiger partial charge on any atom is 0.238 e. The number of ether oxygens (including phenoxy) is 1. The van der Waals surface area contributed by atoms with E-state index in [2.05, 4.69) is 21.3 Å². The molecule has 1 N–H and O–H groups in total. The summed E-state index contributed by atoms with van der Waals surface area (Å²) in [6, 6.07) is 11.5. The number of aromatic nitrogens is 3. The topological polar surface area (TPSA) is 71.8 Å². The summed E-state index contributed by atoms with van der Waals surface area (Å²) >= 11 is 0. The van der Waals surface area contributed by atoms with Crippen LogP contribution in [0.3, 0.4) is 0 Å². The van der Waals surface area contributed by atoms with Crippen LogP contribution in [0.2, 0.25) is 0 Å². The van der Waals surface area contributed by atoms with E-state index in [0.29, 0.717) is 24.5 Å². The fourth-order valence-corrected chi connectivity index (χ4v) is 3.67. The lowest BCUT2D eigenvalue weighted by Gasteiger charge is -2.25. The van der Waals surface area contributed by atoms with E-state index in [4.69, 9.17) is 9.84 Å². The molecule has 0 atom stereocenters. The molecular weight excluding hydrogens is 366 g/mol. The summed E-state index contributed by atoms with van der Waals surface area (Å²) in [6.07, 6.45) is 3.01. The van der Waals surface area contributed by atoms with Crippen molar-refractivity contribution < 1.29 is 9.53 Å². The van der Waals surface area contributed by atoms with Gasteiger partial charge in [-0.25, -0.2) is 9.50 Å². The van der Waals surface area contributed by atoms with E-state index in [1.807, 2.05) is 54.8 Å². The number of amides is 1. The highest BCUT2D eigenvalue weighted by Crippen LogP contribution is 2.24. The van der Waals surface area contributed by atoms with Crippen molar-refractivity contribution >= 4 is 22.8 Å². The summed E-state index contributed by atoms with van der Waals surface area (Å²) in [6.45, 7) is 5.90. The van der Waals surface area contributed by atoms with Gasteiger partial charge in [-0.05, 0) is 44.0 Å². The monoisotopic (exact) mass is 391 g/mol. The number of nitrogens with zero attached hydrogens (tertiary/aromatic N) is 4. The smallest absolute Gasteiger partial charge is 0.238 e. The van der Waals surface area contributed by atoms with Crippen LogP contribution in [0.25, 0.3) is 11.2 Å². The first-order valence-corrected chi connectivity index (χ1v) is 9.72. The molecule has 0 aliphatic carbocycles. The third-order valence-electron chi connectivity index (χ3n) is 5.10. The molecule has 0 radical (unpaired) electrons. The number of hydrogen-bond donors (Lipinski definition) is 1. The standard InChI is InChI=1S/C22H25N5O2/c1-15-12-16(2)27-21(23-15)13-19(25-27)17-8-10-26(11-9-17)14-22(28)24-18-6-4-5-7-20(18)29-3/h4-8,12-13H,9-11,14H2,1-3H3,(H,24,28). The van der Waals surface area contributed by atoms with Crippen LogP contribution in [-0.4, -0.2) is 52.1 Å². The van der Waals surface area contributed by atoms with Gasteiger partial charge in [0.2, 0.25) is 5.91 Å². The van der Waals surface area contributed by atoms with E-state index in [9.17, 15) is 4.79 Å². The maximum atomic E-state index is 12.4. The molecule has 1 aromatic carbocycles. The molecule has 4 rings (SSSR count). The Morgan fingerprint density at radius 2 is 2.07 bits per heavy atom. The van der Waals surface area contributed by atoms with Crippen LogP contribution in [-0.2, 0) is 4.79 Å². The number of para-hydroxylation sites is 2. The Morgan fingerprint density at radius 3 is 2.83 bits per heavy atom. The van der Waals surface area contributed by atoms with Crippen molar-refractivity contribution in [3.63, 3.8) is 0 Å². The molecule has 1 amide bonds. The summed E-state index contributed by atoms with van der Waals surface area (Å²) in [5.74, 6) is 0.613. The molecule has 7 nitrogen and oxygen atoms in total. The van der Waals surface area contributed by atoms with Crippen molar-refractivity contribution in [3.8, 4) is 5.75 Å². The summed E-state index contributed by atoms with van der Waals surface area (Å²) in [5.41, 5.74) is 5.79. The molecule has 1 aliphatic rings. The first kappa shape index (κ1) is 19.1. The van der Waals surface area contributed by atoms with Crippen LogP contribution < -0.4 is 10.1 Å². The van der Waals surface area contributed by atoms with E-state index in [1.165, 1.54) is 5.57 Å². The number of benzene rings is 1. The number of carbonyl (C=O) groups is 1. The van der Waals surface area contributed by atoms with Crippen molar-refractivity contribution in [1.82, 2.24) is 19.5 Å². The van der Waals surface area contributed by atoms with Crippen molar-refractivity contribution in [2.75, 3.05) is 32.1 Å². The largest absolute Gasteiger partial charge is 0.495 e. The van der Waals surface area contributed by atoms with Gasteiger partial charge in [-0.15, -0.1) is 0 Å². The summed E-state index contributed by atoms with van der Waals surface area (Å²) in [5, 5.41) is 7.64. The van der Waals surface area contributed by atoms with Crippen LogP contribution in [0, 0.1) is 13.8 Å². The molecule has 1 aliphatic heterocycles. The Hall–Kier alpha value is -3.19. The Balaban J connectivity index is 1.41. The minimum Gasteiger partial charge on any atom is -0.495 e. The lowest BCUT2D eigenvalue weighted by Crippen LogP contribution is -2.36. The minimum atomic E-state index is -0.0469. The van der Waals surface area contributed by atoms with E-state index >= 15 is 0 Å². The molecule has 29 heavy (non-hydrogen) atoms. The zero-order valence-electron chi connectivity index (χ0n) is 17.0. The van der Waals surface area contributed by atoms with Crippen LogP contribution >= 0.6 is 0 Å². The number of aryl methyl sites for hydroxylation is 2. The van der Waals surface area contributed by atoms with E-state index in [1.54, 1.807) is 7.11 Å². The molecule has 3 aromatic rings. The second-order valence-electron chi connectivity index (χ2n) is 7.30. The first-order chi connectivity index (χ1) is 14.0. The highest BCUT2D eigenvalue weighted by molar-refractivity contribution is 5.93. The van der Waals surface area contributed by atoms with Crippen LogP contribution in [0.5, 0.6) is 5.75 Å². The molecule has 0 fully saturated rings. The summed E-state index contributed by atoms with van der Waals surface area (Å²) in [7, 11) is 1.60. The van der Waals surface area contributed by atoms with Gasteiger partial charge in [0, 0.05) is 30.5 Å². The number of anilines is 1. The van der Waals surface area contributed by atoms with Crippen molar-refractivity contribution in [2.24, 2.45) is 0 Å². The number of nitrogens with one attached hydrogen (secondary N) is 1. The second-order valence-corrected chi connectivity index (χ2v) is 7.30. The SMILES string of the molecule is COc1ccccc1NC(=O)CN1CC=C(c2cc3nc(C)cc(C)n3n2)CC1. The number of carbonyl (C=O) groups excluding carboxylic acids is 1. The highest BCUT2D eigenvalue weighted by atomic mass is 16.5. The quantitative estimate of drug-likeness (QED) is 0.724. The molecule has 0 bridgehead atoms. The first-order valence-electron chi connectivity index (χ1n) is 9.72. The van der Waals surface area contributed by atoms with Crippen molar-refractivity contribution in [2.45, 2.75) is 20.3 Å². The number of fused-ring (bicyclic) bond motifs is 1. The zero-order valence-corrected chi connectivity index (χ0v) is 17.0. The lowest BCUT2D eigenvalue weighted by atomic mass is 10.1. The van der Waals surface area contributed by atoms with Gasteiger partial charge in [-0.1, -0.05) is 18.2 Å². The Kier molecular flexibility index (Phi) is 5.31. The van der Waals surface area contributed by atoms with Crippen LogP contribution in [0.4, 0.5) is 5.69 Å². The molecule has 150 valence electrons. The van der Waals surface area contributed by atoms with Gasteiger partial charge in [0.25, 0.3) is 0 Å². The van der Waals surface area contributed by atoms with Gasteiger partial charge in [0.05, 0.1) is 25.0 Å². The number of methoxy groups -OCH3 is 1. The molecule has 0 unspecified atom stereocenters. The zero-order chi connectivity index (χ0) is 20.4. The van der Waals surface area contributed by atoms with E-state index < -0.39 is 0 Å². The van der Waals surface area contributed by atoms with Crippen molar-refractivity contribution in [3.05, 3.63) is 59.6 Å². The molecule has 2 aromatic heterocycles. The predicted molar refractivity (Wildman–Crippen MR) is 113 cm³/mol. The molecular formula is C22H25N5O2. The Bertz CT molecular complexity index is 1090. The van der Waals surface area contributed by atoms with E-state index in [0.717, 1.165) is 35.7 Å². The van der Waals surface area contributed by atoms with Gasteiger partial charge in [-0.2, -0.15) is 5.10 Å². The fourth-order valence-electron chi connectivity index (χ4n) is 3.67. The number of hydrogen-bond acceptors (Lipinski definition) is 5. The van der Waals surface area contributed by atoms with Gasteiger partial charge in [0.15, 0.2) is 5.65 Å². The van der Waals surface area contributed by atoms with Gasteiger partial charge < -0.3 is 10.1 Å². The average molecular weight is 391 g/mol. The fraction of sp³-hybridized carbons (Fsp3) is 0.318. The van der Waals surface area contributed by atoms with E-state index in [-0.39, 0.29) is 5.91 Å². The molecule has 0 spiro atoms.